The molecule has 5 aromatic rings. The van der Waals surface area contributed by atoms with Crippen LogP contribution in [0, 0.1) is 0 Å². The second kappa shape index (κ2) is 7.33. The summed E-state index contributed by atoms with van der Waals surface area (Å²) in [7, 11) is 1.85. The summed E-state index contributed by atoms with van der Waals surface area (Å²) in [6.45, 7) is 1.78. The lowest BCUT2D eigenvalue weighted by Gasteiger charge is -2.14. The lowest BCUT2D eigenvalue weighted by molar-refractivity contribution is -0.137. The van der Waals surface area contributed by atoms with Gasteiger partial charge in [0.2, 0.25) is 0 Å². The van der Waals surface area contributed by atoms with Crippen molar-refractivity contribution in [3.8, 4) is 22.4 Å². The van der Waals surface area contributed by atoms with Crippen LogP contribution in [0.1, 0.15) is 24.1 Å². The van der Waals surface area contributed by atoms with E-state index < -0.39 is 17.8 Å². The molecule has 10 heteroatoms. The van der Waals surface area contributed by atoms with Gasteiger partial charge in [0, 0.05) is 47.7 Å². The third-order valence-corrected chi connectivity index (χ3v) is 5.45. The molecular formula is C22H18F3N7. The van der Waals surface area contributed by atoms with Crippen LogP contribution in [0.3, 0.4) is 0 Å². The predicted octanol–water partition coefficient (Wildman–Crippen LogP) is 4.85. The highest BCUT2D eigenvalue weighted by atomic mass is 19.4. The Balaban J connectivity index is 1.49. The molecule has 162 valence electrons. The normalized spacial score (nSPS) is 13.0. The second-order valence-corrected chi connectivity index (χ2v) is 7.61. The number of pyridine rings is 1. The van der Waals surface area contributed by atoms with Crippen molar-refractivity contribution in [2.24, 2.45) is 7.05 Å². The van der Waals surface area contributed by atoms with Crippen LogP contribution in [0.5, 0.6) is 0 Å². The highest BCUT2D eigenvalue weighted by molar-refractivity contribution is 5.94. The Bertz CT molecular complexity index is 1410. The zero-order valence-corrected chi connectivity index (χ0v) is 17.2. The van der Waals surface area contributed by atoms with E-state index in [0.717, 1.165) is 34.2 Å². The highest BCUT2D eigenvalue weighted by Gasteiger charge is 2.31. The van der Waals surface area contributed by atoms with Crippen molar-refractivity contribution in [3.05, 3.63) is 72.4 Å². The van der Waals surface area contributed by atoms with Gasteiger partial charge in [-0.25, -0.2) is 9.67 Å². The van der Waals surface area contributed by atoms with Crippen molar-refractivity contribution in [2.45, 2.75) is 19.1 Å². The maximum absolute atomic E-state index is 13.1. The number of hydrogen-bond acceptors (Lipinski definition) is 4. The second-order valence-electron chi connectivity index (χ2n) is 7.61. The van der Waals surface area contributed by atoms with Crippen molar-refractivity contribution in [2.75, 3.05) is 0 Å². The lowest BCUT2D eigenvalue weighted by Crippen LogP contribution is -2.10. The fourth-order valence-electron chi connectivity index (χ4n) is 3.66. The topological polar surface area (TPSA) is 77.2 Å². The van der Waals surface area contributed by atoms with Crippen LogP contribution in [0.25, 0.3) is 33.4 Å². The molecule has 1 N–H and O–H groups in total. The number of halogens is 3. The van der Waals surface area contributed by atoms with Crippen molar-refractivity contribution < 1.29 is 13.2 Å². The zero-order valence-electron chi connectivity index (χ0n) is 17.2. The first-order chi connectivity index (χ1) is 15.3. The SMILES string of the molecule is CC(c1cccc(C(F)(F)F)c1)n1cc(-c2c[nH]c3ncc(-c4cnn(C)c4)cc23)nn1. The number of nitrogens with zero attached hydrogens (tertiary/aromatic N) is 6. The fraction of sp³-hybridized carbons (Fsp3) is 0.182. The van der Waals surface area contributed by atoms with Crippen molar-refractivity contribution in [1.29, 1.82) is 0 Å². The van der Waals surface area contributed by atoms with Crippen LogP contribution < -0.4 is 0 Å². The quantitative estimate of drug-likeness (QED) is 0.436. The number of rotatable bonds is 4. The predicted molar refractivity (Wildman–Crippen MR) is 113 cm³/mol. The number of aryl methyl sites for hydroxylation is 1. The minimum absolute atomic E-state index is 0.423. The molecule has 0 aliphatic carbocycles. The van der Waals surface area contributed by atoms with E-state index in [2.05, 4.69) is 25.4 Å². The van der Waals surface area contributed by atoms with Crippen LogP contribution in [0.15, 0.2) is 61.3 Å². The van der Waals surface area contributed by atoms with Gasteiger partial charge in [0.1, 0.15) is 11.3 Å². The first kappa shape index (κ1) is 20.0. The standard InChI is InChI=1S/C22H18F3N7/c1-13(14-4-3-5-17(6-14)22(23,24)25)32-12-20(29-30-32)19-10-27-21-18(19)7-15(8-26-21)16-9-28-31(2)11-16/h3-13H,1-2H3,(H,26,27). The van der Waals surface area contributed by atoms with Crippen LogP contribution in [0.2, 0.25) is 0 Å². The Morgan fingerprint density at radius 1 is 1.06 bits per heavy atom. The summed E-state index contributed by atoms with van der Waals surface area (Å²) in [5, 5.41) is 13.5. The third-order valence-electron chi connectivity index (χ3n) is 5.45. The summed E-state index contributed by atoms with van der Waals surface area (Å²) >= 11 is 0. The maximum atomic E-state index is 13.1. The fourth-order valence-corrected chi connectivity index (χ4v) is 3.66. The molecule has 5 rings (SSSR count). The van der Waals surface area contributed by atoms with Gasteiger partial charge in [-0.15, -0.1) is 5.10 Å². The number of fused-ring (bicyclic) bond motifs is 1. The van der Waals surface area contributed by atoms with Gasteiger partial charge in [0.25, 0.3) is 0 Å². The molecule has 0 amide bonds. The van der Waals surface area contributed by atoms with E-state index in [1.807, 2.05) is 19.3 Å². The molecule has 0 saturated heterocycles. The molecule has 0 radical (unpaired) electrons. The molecule has 4 aromatic heterocycles. The van der Waals surface area contributed by atoms with Gasteiger partial charge >= 0.3 is 6.18 Å². The number of hydrogen-bond donors (Lipinski definition) is 1. The molecule has 0 bridgehead atoms. The molecule has 1 unspecified atom stereocenters. The number of benzene rings is 1. The third kappa shape index (κ3) is 3.53. The number of nitrogens with one attached hydrogen (secondary N) is 1. The van der Waals surface area contributed by atoms with Gasteiger partial charge in [-0.1, -0.05) is 17.3 Å². The summed E-state index contributed by atoms with van der Waals surface area (Å²) in [6, 6.07) is 6.83. The highest BCUT2D eigenvalue weighted by Crippen LogP contribution is 2.33. The summed E-state index contributed by atoms with van der Waals surface area (Å²) in [6.07, 6.45) is 4.57. The average molecular weight is 437 g/mol. The number of aromatic amines is 1. The van der Waals surface area contributed by atoms with Gasteiger partial charge in [-0.2, -0.15) is 18.3 Å². The molecule has 0 saturated carbocycles. The smallest absolute Gasteiger partial charge is 0.345 e. The largest absolute Gasteiger partial charge is 0.416 e. The van der Waals surface area contributed by atoms with Crippen LogP contribution in [-0.2, 0) is 13.2 Å². The molecule has 32 heavy (non-hydrogen) atoms. The Morgan fingerprint density at radius 3 is 2.66 bits per heavy atom. The number of H-pyrrole nitrogens is 1. The van der Waals surface area contributed by atoms with Crippen molar-refractivity contribution in [1.82, 2.24) is 34.7 Å². The summed E-state index contributed by atoms with van der Waals surface area (Å²) in [5.74, 6) is 0. The Hall–Kier alpha value is -3.95. The van der Waals surface area contributed by atoms with E-state index in [-0.39, 0.29) is 0 Å². The summed E-state index contributed by atoms with van der Waals surface area (Å²) < 4.78 is 42.5. The molecule has 1 atom stereocenters. The molecule has 7 nitrogen and oxygen atoms in total. The van der Waals surface area contributed by atoms with Crippen LogP contribution >= 0.6 is 0 Å². The molecule has 0 aliphatic heterocycles. The molecule has 1 aromatic carbocycles. The van der Waals surface area contributed by atoms with Gasteiger partial charge < -0.3 is 4.98 Å². The monoisotopic (exact) mass is 437 g/mol. The Morgan fingerprint density at radius 2 is 1.91 bits per heavy atom. The molecule has 0 spiro atoms. The Kier molecular flexibility index (Phi) is 4.58. The lowest BCUT2D eigenvalue weighted by atomic mass is 10.0. The minimum Gasteiger partial charge on any atom is -0.345 e. The molecule has 0 aliphatic rings. The molecule has 0 fully saturated rings. The molecular weight excluding hydrogens is 419 g/mol. The molecule has 4 heterocycles. The van der Waals surface area contributed by atoms with Crippen LogP contribution in [0.4, 0.5) is 13.2 Å². The minimum atomic E-state index is -4.40. The number of alkyl halides is 3. The summed E-state index contributed by atoms with van der Waals surface area (Å²) in [5.41, 5.74) is 3.77. The van der Waals surface area contributed by atoms with Crippen LogP contribution in [-0.4, -0.2) is 34.7 Å². The first-order valence-corrected chi connectivity index (χ1v) is 9.85. The van der Waals surface area contributed by atoms with E-state index in [4.69, 9.17) is 0 Å². The van der Waals surface area contributed by atoms with E-state index in [1.165, 1.54) is 6.07 Å². The van der Waals surface area contributed by atoms with E-state index >= 15 is 0 Å². The zero-order chi connectivity index (χ0) is 22.5. The van der Waals surface area contributed by atoms with Crippen molar-refractivity contribution >= 4 is 11.0 Å². The van der Waals surface area contributed by atoms with Gasteiger partial charge in [0.15, 0.2) is 0 Å². The van der Waals surface area contributed by atoms with Gasteiger partial charge in [-0.05, 0) is 30.7 Å². The first-order valence-electron chi connectivity index (χ1n) is 9.85. The Labute approximate surface area is 180 Å². The van der Waals surface area contributed by atoms with Gasteiger partial charge in [0.05, 0.1) is 24.0 Å². The van der Waals surface area contributed by atoms with E-state index in [1.54, 1.807) is 47.1 Å². The van der Waals surface area contributed by atoms with E-state index in [0.29, 0.717) is 16.9 Å². The van der Waals surface area contributed by atoms with Gasteiger partial charge in [-0.3, -0.25) is 4.68 Å². The average Bonchev–Trinajstić information content (AvgIpc) is 3.51. The summed E-state index contributed by atoms with van der Waals surface area (Å²) in [4.78, 5) is 7.61. The van der Waals surface area contributed by atoms with E-state index in [9.17, 15) is 13.2 Å². The maximum Gasteiger partial charge on any atom is 0.416 e. The van der Waals surface area contributed by atoms with Crippen molar-refractivity contribution in [3.63, 3.8) is 0 Å². The number of aromatic nitrogens is 7.